The third-order valence-corrected chi connectivity index (χ3v) is 22.4. The number of carbonyl (C=O) groups is 3. The first-order valence-electron chi connectivity index (χ1n) is 31.5. The zero-order valence-electron chi connectivity index (χ0n) is 52.8. The van der Waals surface area contributed by atoms with Crippen molar-refractivity contribution in [2.24, 2.45) is 45.3 Å². The van der Waals surface area contributed by atoms with Gasteiger partial charge in [-0.2, -0.15) is 8.42 Å². The molecule has 91 heavy (non-hydrogen) atoms. The summed E-state index contributed by atoms with van der Waals surface area (Å²) in [6, 6.07) is 0. The van der Waals surface area contributed by atoms with Crippen molar-refractivity contribution in [2.45, 2.75) is 267 Å². The molecule has 0 aromatic heterocycles. The second kappa shape index (κ2) is 26.7. The average molecular weight is 1330 g/mol. The van der Waals surface area contributed by atoms with Crippen molar-refractivity contribution in [3.8, 4) is 0 Å². The van der Waals surface area contributed by atoms with E-state index in [1.54, 1.807) is 6.92 Å². The van der Waals surface area contributed by atoms with Crippen LogP contribution >= 0.6 is 0 Å². The highest BCUT2D eigenvalue weighted by Crippen LogP contribution is 2.77. The van der Waals surface area contributed by atoms with Gasteiger partial charge < -0.3 is 113 Å². The molecule has 31 atom stereocenters. The highest BCUT2D eigenvalue weighted by Gasteiger charge is 2.80. The number of aliphatic hydroxyl groups excluding tert-OH is 10. The fraction of sp³-hybridized carbons (Fsp3) is 0.917. The Balaban J connectivity index is 0.907. The highest BCUT2D eigenvalue weighted by atomic mass is 32.3. The number of allylic oxidation sites excluding steroid dienone is 2. The third kappa shape index (κ3) is 12.9. The number of Topliss-reactive ketones (excluding diaryl/α,β-unsaturated/α-hetero) is 1. The highest BCUT2D eigenvalue weighted by molar-refractivity contribution is 7.80. The van der Waals surface area contributed by atoms with Crippen LogP contribution in [0.2, 0.25) is 0 Å². The number of esters is 2. The first-order chi connectivity index (χ1) is 42.5. The maximum absolute atomic E-state index is 14.8. The Kier molecular flexibility index (Phi) is 20.8. The van der Waals surface area contributed by atoms with Crippen molar-refractivity contribution in [1.82, 2.24) is 0 Å². The van der Waals surface area contributed by atoms with Crippen molar-refractivity contribution >= 4 is 28.1 Å². The number of rotatable bonds is 19. The number of hydrogen-bond donors (Lipinski definition) is 11. The summed E-state index contributed by atoms with van der Waals surface area (Å²) in [5.74, 6) is -1.64. The molecule has 6 aliphatic heterocycles. The van der Waals surface area contributed by atoms with Gasteiger partial charge in [0.25, 0.3) is 0 Å². The molecule has 0 aromatic carbocycles. The van der Waals surface area contributed by atoms with Gasteiger partial charge in [0, 0.05) is 32.3 Å². The Hall–Kier alpha value is -2.62. The van der Waals surface area contributed by atoms with Gasteiger partial charge in [0.15, 0.2) is 31.5 Å². The van der Waals surface area contributed by atoms with E-state index in [2.05, 4.69) is 19.9 Å². The molecule has 6 heterocycles. The number of ether oxygens (including phenoxy) is 13. The Morgan fingerprint density at radius 3 is 1.96 bits per heavy atom. The minimum atomic E-state index is -5.27. The van der Waals surface area contributed by atoms with E-state index in [1.807, 2.05) is 27.7 Å². The maximum atomic E-state index is 14.8. The lowest BCUT2D eigenvalue weighted by Crippen LogP contribution is -2.67. The van der Waals surface area contributed by atoms with Crippen LogP contribution in [-0.2, 0) is 90.5 Å². The number of ketones is 1. The summed E-state index contributed by atoms with van der Waals surface area (Å²) in [5, 5.41) is 111. The van der Waals surface area contributed by atoms with E-state index >= 15 is 0 Å². The largest absolute Gasteiger partial charge is 0.462 e. The molecule has 0 bridgehead atoms. The molecule has 1 spiro atoms. The van der Waals surface area contributed by atoms with Gasteiger partial charge in [-0.1, -0.05) is 53.2 Å². The van der Waals surface area contributed by atoms with Crippen LogP contribution in [0.15, 0.2) is 11.6 Å². The van der Waals surface area contributed by atoms with Crippen LogP contribution in [0, 0.1) is 45.3 Å². The molecular formula is C60H94O30S. The lowest BCUT2D eigenvalue weighted by atomic mass is 9.41. The molecule has 31 heteroatoms. The summed E-state index contributed by atoms with van der Waals surface area (Å²) in [7, 11) is -4.09. The molecule has 520 valence electrons. The van der Waals surface area contributed by atoms with E-state index in [9.17, 15) is 78.4 Å². The number of carbonyl (C=O) groups excluding carboxylic acids is 3. The zero-order chi connectivity index (χ0) is 66.6. The summed E-state index contributed by atoms with van der Waals surface area (Å²) in [5.41, 5.74) is -3.21. The van der Waals surface area contributed by atoms with E-state index in [-0.39, 0.29) is 30.0 Å². The van der Waals surface area contributed by atoms with E-state index < -0.39 is 229 Å². The van der Waals surface area contributed by atoms with Crippen molar-refractivity contribution in [3.05, 3.63) is 11.6 Å². The van der Waals surface area contributed by atoms with Crippen LogP contribution in [0.25, 0.3) is 0 Å². The van der Waals surface area contributed by atoms with Gasteiger partial charge in [-0.05, 0) is 81.0 Å². The van der Waals surface area contributed by atoms with Gasteiger partial charge in [-0.3, -0.25) is 18.9 Å². The topological polar surface area (TPSA) is 437 Å². The predicted octanol–water partition coefficient (Wildman–Crippen LogP) is -1.66. The number of methoxy groups -OCH3 is 1. The molecule has 3 saturated carbocycles. The fourth-order valence-corrected chi connectivity index (χ4v) is 18.2. The molecule has 31 unspecified atom stereocenters. The average Bonchev–Trinajstić information content (AvgIpc) is 1.52. The molecule has 0 amide bonds. The van der Waals surface area contributed by atoms with Gasteiger partial charge in [0.2, 0.25) is 0 Å². The van der Waals surface area contributed by atoms with Crippen molar-refractivity contribution in [1.29, 1.82) is 0 Å². The lowest BCUT2D eigenvalue weighted by Gasteiger charge is -2.64. The molecule has 0 aromatic rings. The number of hydrogen-bond acceptors (Lipinski definition) is 29. The minimum Gasteiger partial charge on any atom is -0.462 e. The number of fused-ring (bicyclic) bond motifs is 4. The molecule has 6 saturated heterocycles. The third-order valence-electron chi connectivity index (χ3n) is 21.9. The van der Waals surface area contributed by atoms with Crippen LogP contribution in [0.4, 0.5) is 0 Å². The first-order valence-corrected chi connectivity index (χ1v) is 32.9. The van der Waals surface area contributed by atoms with Crippen molar-refractivity contribution in [2.75, 3.05) is 33.5 Å². The summed E-state index contributed by atoms with van der Waals surface area (Å²) < 4.78 is 118. The smallest absolute Gasteiger partial charge is 0.397 e. The van der Waals surface area contributed by atoms with Gasteiger partial charge in [0.05, 0.1) is 50.0 Å². The quantitative estimate of drug-likeness (QED) is 0.0392. The SMILES string of the molecule is COC1C(O)C(CO)OC(OC2C(O)COC(OC3C(C)OC(OC4C(OC5CCC6(C)C7CCC89C(=O)OC(C)(CC(=O)CC(C)C)C8C(OC(C)=O)CC9(C)C7=CCC6C5(C)C)OCC(OS(=O)(=O)O)C4O)C(OC4OCC(O)C(O)C4O)C3O)C2O)C1O. The standard InChI is InChI=1S/C60H94O30S/c1-24(2)17-27(63)18-59(9)49-32(82-26(4)62)19-58(8)29-11-12-35-56(5,6)36(14-15-57(35,7)28(29)13-16-60(49,58)55(73)89-59)84-53-47(39(68)34(23-80-53)90-91(74,75)76)88-54-48(87-50-40(69)37(66)30(64)21-78-50)41(70)44(25(3)81-54)85-51-42(71)45(31(65)22-79-51)86-52-43(72)46(77-10)38(67)33(20-61)83-52/h11,24-25,28,30-54,61,64-72H,12-23H2,1-10H3,(H,74,75,76). The Morgan fingerprint density at radius 1 is 0.692 bits per heavy atom. The van der Waals surface area contributed by atoms with Crippen molar-refractivity contribution in [3.63, 3.8) is 0 Å². The molecule has 10 rings (SSSR count). The van der Waals surface area contributed by atoms with E-state index in [4.69, 9.17) is 65.8 Å². The minimum absolute atomic E-state index is 0.0103. The second-order valence-electron chi connectivity index (χ2n) is 28.5. The molecule has 9 fully saturated rings. The summed E-state index contributed by atoms with van der Waals surface area (Å²) in [6.07, 6.45) is -34.0. The normalized spacial score (nSPS) is 49.8. The van der Waals surface area contributed by atoms with Crippen LogP contribution < -0.4 is 0 Å². The maximum Gasteiger partial charge on any atom is 0.397 e. The summed E-state index contributed by atoms with van der Waals surface area (Å²) in [4.78, 5) is 41.2. The summed E-state index contributed by atoms with van der Waals surface area (Å²) in [6.45, 7) is 14.2. The van der Waals surface area contributed by atoms with Gasteiger partial charge >= 0.3 is 22.3 Å². The lowest BCUT2D eigenvalue weighted by molar-refractivity contribution is -0.399. The molecule has 30 nitrogen and oxygen atoms in total. The van der Waals surface area contributed by atoms with Crippen LogP contribution in [0.5, 0.6) is 0 Å². The van der Waals surface area contributed by atoms with Gasteiger partial charge in [-0.25, -0.2) is 4.18 Å². The molecule has 0 radical (unpaired) electrons. The van der Waals surface area contributed by atoms with Crippen LogP contribution in [0.1, 0.15) is 114 Å². The van der Waals surface area contributed by atoms with Gasteiger partial charge in [0.1, 0.15) is 115 Å². The summed E-state index contributed by atoms with van der Waals surface area (Å²) >= 11 is 0. The van der Waals surface area contributed by atoms with E-state index in [0.717, 1.165) is 5.57 Å². The van der Waals surface area contributed by atoms with Gasteiger partial charge in [-0.15, -0.1) is 0 Å². The predicted molar refractivity (Wildman–Crippen MR) is 303 cm³/mol. The Labute approximate surface area is 527 Å². The fourth-order valence-electron chi connectivity index (χ4n) is 17.7. The Morgan fingerprint density at radius 2 is 1.31 bits per heavy atom. The van der Waals surface area contributed by atoms with Crippen LogP contribution in [-0.4, -0.2) is 268 Å². The van der Waals surface area contributed by atoms with E-state index in [1.165, 1.54) is 21.0 Å². The zero-order valence-corrected chi connectivity index (χ0v) is 53.6. The molecule has 10 aliphatic rings. The molecule has 11 N–H and O–H groups in total. The van der Waals surface area contributed by atoms with Crippen molar-refractivity contribution < 1.29 is 144 Å². The number of cyclic esters (lactones) is 1. The second-order valence-corrected chi connectivity index (χ2v) is 29.5. The monoisotopic (exact) mass is 1330 g/mol. The Bertz CT molecular complexity index is 2760. The van der Waals surface area contributed by atoms with E-state index in [0.29, 0.717) is 44.9 Å². The van der Waals surface area contributed by atoms with Crippen LogP contribution in [0.3, 0.4) is 0 Å². The first kappa shape index (κ1) is 71.2. The molecule has 4 aliphatic carbocycles. The number of aliphatic hydroxyl groups is 10. The molecular weight excluding hydrogens is 1230 g/mol.